The second-order valence-corrected chi connectivity index (χ2v) is 2.84. The second-order valence-electron chi connectivity index (χ2n) is 2.84. The number of rotatable bonds is 3. The highest BCUT2D eigenvalue weighted by molar-refractivity contribution is 5.53. The summed E-state index contributed by atoms with van der Waals surface area (Å²) in [5, 5.41) is 21.1. The van der Waals surface area contributed by atoms with Crippen molar-refractivity contribution < 1.29 is 10.2 Å². The van der Waals surface area contributed by atoms with E-state index in [1.807, 2.05) is 0 Å². The van der Waals surface area contributed by atoms with Crippen LogP contribution in [-0.4, -0.2) is 23.9 Å². The molecular formula is C9H14N2O2. The molecule has 0 aliphatic rings. The molecule has 0 radical (unpaired) electrons. The summed E-state index contributed by atoms with van der Waals surface area (Å²) in [5.41, 5.74) is 6.70. The molecule has 0 saturated carbocycles. The smallest absolute Gasteiger partial charge is 0.138 e. The Labute approximate surface area is 77.0 Å². The number of phenols is 1. The first-order valence-corrected chi connectivity index (χ1v) is 4.05. The quantitative estimate of drug-likeness (QED) is 0.398. The molecule has 0 unspecified atom stereocenters. The van der Waals surface area contributed by atoms with Gasteiger partial charge in [-0.1, -0.05) is 6.07 Å². The molecule has 1 atom stereocenters. The Morgan fingerprint density at radius 3 is 2.69 bits per heavy atom. The largest absolute Gasteiger partial charge is 0.506 e. The minimum absolute atomic E-state index is 0.000710. The monoisotopic (exact) mass is 182 g/mol. The van der Waals surface area contributed by atoms with E-state index in [9.17, 15) is 0 Å². The number of phenolic OH excluding ortho intramolecular Hbond substituents is 1. The van der Waals surface area contributed by atoms with E-state index in [1.165, 1.54) is 6.07 Å². The van der Waals surface area contributed by atoms with Crippen LogP contribution in [0, 0.1) is 0 Å². The summed E-state index contributed by atoms with van der Waals surface area (Å²) in [4.78, 5) is 0. The van der Waals surface area contributed by atoms with Gasteiger partial charge in [0.2, 0.25) is 0 Å². The molecule has 0 aliphatic carbocycles. The maximum atomic E-state index is 9.16. The van der Waals surface area contributed by atoms with Crippen molar-refractivity contribution in [2.75, 3.05) is 19.4 Å². The predicted octanol–water partition coefficient (Wildman–Crippen LogP) is 0.227. The number of anilines is 1. The van der Waals surface area contributed by atoms with E-state index in [1.54, 1.807) is 19.2 Å². The summed E-state index contributed by atoms with van der Waals surface area (Å²) < 4.78 is 0. The number of likely N-dealkylation sites (N-methyl/N-ethyl adjacent to an activating group) is 1. The standard InChI is InChI=1S/C9H14N2O2/c1-11-8(5-12)6-2-3-9(13)7(10)4-6/h2-4,8,11-13H,5,10H2,1H3/t8-/m0/s1. The van der Waals surface area contributed by atoms with Crippen molar-refractivity contribution in [3.8, 4) is 5.75 Å². The summed E-state index contributed by atoms with van der Waals surface area (Å²) >= 11 is 0. The van der Waals surface area contributed by atoms with Crippen LogP contribution in [0.1, 0.15) is 11.6 Å². The van der Waals surface area contributed by atoms with Crippen LogP contribution in [0.15, 0.2) is 18.2 Å². The fourth-order valence-electron chi connectivity index (χ4n) is 1.15. The van der Waals surface area contributed by atoms with Crippen LogP contribution in [0.25, 0.3) is 0 Å². The van der Waals surface area contributed by atoms with Crippen LogP contribution in [-0.2, 0) is 0 Å². The number of nitrogens with two attached hydrogens (primary N) is 1. The molecule has 0 aromatic heterocycles. The Bertz CT molecular complexity index is 285. The molecule has 1 rings (SSSR count). The Hall–Kier alpha value is -1.26. The average molecular weight is 182 g/mol. The molecule has 5 N–H and O–H groups in total. The van der Waals surface area contributed by atoms with Crippen LogP contribution in [0.2, 0.25) is 0 Å². The highest BCUT2D eigenvalue weighted by Crippen LogP contribution is 2.23. The number of aliphatic hydroxyl groups excluding tert-OH is 1. The van der Waals surface area contributed by atoms with Crippen molar-refractivity contribution in [1.82, 2.24) is 5.32 Å². The number of benzene rings is 1. The average Bonchev–Trinajstić information content (AvgIpc) is 2.13. The molecule has 13 heavy (non-hydrogen) atoms. The van der Waals surface area contributed by atoms with E-state index in [0.29, 0.717) is 5.69 Å². The summed E-state index contributed by atoms with van der Waals surface area (Å²) in [5.74, 6) is 0.0662. The lowest BCUT2D eigenvalue weighted by Gasteiger charge is -2.14. The van der Waals surface area contributed by atoms with Gasteiger partial charge in [0, 0.05) is 0 Å². The van der Waals surface area contributed by atoms with Gasteiger partial charge in [-0.3, -0.25) is 0 Å². The van der Waals surface area contributed by atoms with Gasteiger partial charge in [-0.15, -0.1) is 0 Å². The van der Waals surface area contributed by atoms with Gasteiger partial charge in [-0.2, -0.15) is 0 Å². The molecular weight excluding hydrogens is 168 g/mol. The first-order chi connectivity index (χ1) is 6.19. The van der Waals surface area contributed by atoms with Gasteiger partial charge in [0.1, 0.15) is 5.75 Å². The lowest BCUT2D eigenvalue weighted by atomic mass is 10.1. The molecule has 0 saturated heterocycles. The molecule has 0 heterocycles. The summed E-state index contributed by atoms with van der Waals surface area (Å²) in [7, 11) is 1.75. The van der Waals surface area contributed by atoms with Crippen molar-refractivity contribution in [3.63, 3.8) is 0 Å². The van der Waals surface area contributed by atoms with Gasteiger partial charge in [0.25, 0.3) is 0 Å². The van der Waals surface area contributed by atoms with Crippen LogP contribution in [0.4, 0.5) is 5.69 Å². The Morgan fingerprint density at radius 2 is 2.23 bits per heavy atom. The van der Waals surface area contributed by atoms with E-state index >= 15 is 0 Å². The zero-order valence-electron chi connectivity index (χ0n) is 7.49. The number of nitrogen functional groups attached to an aromatic ring is 1. The zero-order valence-corrected chi connectivity index (χ0v) is 7.49. The number of hydrogen-bond acceptors (Lipinski definition) is 4. The number of hydrogen-bond donors (Lipinski definition) is 4. The van der Waals surface area contributed by atoms with Crippen molar-refractivity contribution in [3.05, 3.63) is 23.8 Å². The van der Waals surface area contributed by atoms with Crippen molar-refractivity contribution in [1.29, 1.82) is 0 Å². The lowest BCUT2D eigenvalue weighted by molar-refractivity contribution is 0.251. The zero-order chi connectivity index (χ0) is 9.84. The highest BCUT2D eigenvalue weighted by atomic mass is 16.3. The minimum atomic E-state index is -0.136. The summed E-state index contributed by atoms with van der Waals surface area (Å²) in [6, 6.07) is 4.75. The highest BCUT2D eigenvalue weighted by Gasteiger charge is 2.08. The van der Waals surface area contributed by atoms with Gasteiger partial charge in [-0.05, 0) is 24.7 Å². The normalized spacial score (nSPS) is 12.8. The van der Waals surface area contributed by atoms with Gasteiger partial charge >= 0.3 is 0 Å². The van der Waals surface area contributed by atoms with Gasteiger partial charge in [0.15, 0.2) is 0 Å². The third kappa shape index (κ3) is 2.11. The molecule has 0 amide bonds. The fraction of sp³-hybridized carbons (Fsp3) is 0.333. The fourth-order valence-corrected chi connectivity index (χ4v) is 1.15. The third-order valence-corrected chi connectivity index (χ3v) is 1.98. The number of nitrogens with one attached hydrogen (secondary N) is 1. The van der Waals surface area contributed by atoms with E-state index in [-0.39, 0.29) is 18.4 Å². The molecule has 1 aromatic carbocycles. The molecule has 0 bridgehead atoms. The van der Waals surface area contributed by atoms with Crippen molar-refractivity contribution in [2.24, 2.45) is 0 Å². The molecule has 4 nitrogen and oxygen atoms in total. The summed E-state index contributed by atoms with van der Waals surface area (Å²) in [6.07, 6.45) is 0. The van der Waals surface area contributed by atoms with E-state index in [2.05, 4.69) is 5.32 Å². The second kappa shape index (κ2) is 4.11. The van der Waals surface area contributed by atoms with Crippen LogP contribution < -0.4 is 11.1 Å². The van der Waals surface area contributed by atoms with E-state index < -0.39 is 0 Å². The van der Waals surface area contributed by atoms with Crippen LogP contribution in [0.3, 0.4) is 0 Å². The molecule has 0 aliphatic heterocycles. The Balaban J connectivity index is 2.95. The van der Waals surface area contributed by atoms with Crippen LogP contribution >= 0.6 is 0 Å². The first-order valence-electron chi connectivity index (χ1n) is 4.05. The maximum Gasteiger partial charge on any atom is 0.138 e. The van der Waals surface area contributed by atoms with E-state index in [4.69, 9.17) is 15.9 Å². The van der Waals surface area contributed by atoms with Gasteiger partial charge in [-0.25, -0.2) is 0 Å². The lowest BCUT2D eigenvalue weighted by Crippen LogP contribution is -2.19. The maximum absolute atomic E-state index is 9.16. The third-order valence-electron chi connectivity index (χ3n) is 1.98. The van der Waals surface area contributed by atoms with Crippen molar-refractivity contribution >= 4 is 5.69 Å². The molecule has 0 fully saturated rings. The first kappa shape index (κ1) is 9.83. The molecule has 1 aromatic rings. The Kier molecular flexibility index (Phi) is 3.11. The molecule has 0 spiro atoms. The number of aliphatic hydroxyl groups is 1. The van der Waals surface area contributed by atoms with Crippen molar-refractivity contribution in [2.45, 2.75) is 6.04 Å². The molecule has 4 heteroatoms. The Morgan fingerprint density at radius 1 is 1.54 bits per heavy atom. The number of aromatic hydroxyl groups is 1. The topological polar surface area (TPSA) is 78.5 Å². The van der Waals surface area contributed by atoms with Gasteiger partial charge < -0.3 is 21.3 Å². The van der Waals surface area contributed by atoms with Gasteiger partial charge in [0.05, 0.1) is 18.3 Å². The summed E-state index contributed by atoms with van der Waals surface area (Å²) in [6.45, 7) is 0.000710. The van der Waals surface area contributed by atoms with Crippen LogP contribution in [0.5, 0.6) is 5.75 Å². The predicted molar refractivity (Wildman–Crippen MR) is 51.4 cm³/mol. The SMILES string of the molecule is CN[C@@H](CO)c1ccc(O)c(N)c1. The van der Waals surface area contributed by atoms with E-state index in [0.717, 1.165) is 5.56 Å². The minimum Gasteiger partial charge on any atom is -0.506 e. The molecule has 72 valence electrons.